The Bertz CT molecular complexity index is 820. The van der Waals surface area contributed by atoms with Gasteiger partial charge < -0.3 is 4.74 Å². The Kier molecular flexibility index (Phi) is 6.30. The van der Waals surface area contributed by atoms with Crippen LogP contribution in [-0.4, -0.2) is 24.4 Å². The van der Waals surface area contributed by atoms with Crippen molar-refractivity contribution in [1.29, 1.82) is 0 Å². The molecule has 0 fully saturated rings. The lowest BCUT2D eigenvalue weighted by Crippen LogP contribution is -2.43. The molecule has 0 aromatic heterocycles. The lowest BCUT2D eigenvalue weighted by molar-refractivity contribution is -0.125. The van der Waals surface area contributed by atoms with E-state index in [9.17, 15) is 14.4 Å². The minimum absolute atomic E-state index is 0.371. The number of ether oxygens (including phenoxy) is 1. The van der Waals surface area contributed by atoms with E-state index < -0.39 is 24.4 Å². The molecule has 2 aromatic carbocycles. The smallest absolute Gasteiger partial charge is 0.338 e. The van der Waals surface area contributed by atoms with Crippen LogP contribution >= 0.6 is 15.9 Å². The molecule has 0 saturated heterocycles. The molecule has 0 aliphatic heterocycles. The van der Waals surface area contributed by atoms with Gasteiger partial charge in [-0.1, -0.05) is 29.8 Å². The molecule has 0 saturated carbocycles. The normalized spacial score (nSPS) is 10.0. The molecular weight excluding hydrogens is 388 g/mol. The van der Waals surface area contributed by atoms with Crippen molar-refractivity contribution in [1.82, 2.24) is 10.9 Å². The van der Waals surface area contributed by atoms with Crippen molar-refractivity contribution < 1.29 is 19.1 Å². The summed E-state index contributed by atoms with van der Waals surface area (Å²) in [6, 6.07) is 12.2. The average Bonchev–Trinajstić information content (AvgIpc) is 2.60. The minimum atomic E-state index is -0.640. The van der Waals surface area contributed by atoms with E-state index in [1.807, 2.05) is 19.1 Å². The summed E-state index contributed by atoms with van der Waals surface area (Å²) >= 11 is 3.25. The Morgan fingerprint density at radius 1 is 1.00 bits per heavy atom. The number of hydrogen-bond acceptors (Lipinski definition) is 4. The first-order chi connectivity index (χ1) is 11.9. The fraction of sp³-hybridized carbons (Fsp3) is 0.167. The summed E-state index contributed by atoms with van der Waals surface area (Å²) in [6.45, 7) is 3.15. The second-order valence-electron chi connectivity index (χ2n) is 5.38. The Morgan fingerprint density at radius 2 is 1.72 bits per heavy atom. The highest BCUT2D eigenvalue weighted by Crippen LogP contribution is 2.15. The van der Waals surface area contributed by atoms with Crippen LogP contribution in [0.1, 0.15) is 31.8 Å². The Labute approximate surface area is 153 Å². The summed E-state index contributed by atoms with van der Waals surface area (Å²) in [7, 11) is 0. The Balaban J connectivity index is 1.85. The van der Waals surface area contributed by atoms with Gasteiger partial charge in [-0.25, -0.2) is 4.79 Å². The van der Waals surface area contributed by atoms with Gasteiger partial charge >= 0.3 is 5.97 Å². The molecule has 0 aliphatic rings. The number of aryl methyl sites for hydroxylation is 2. The number of amides is 2. The molecule has 2 aromatic rings. The second-order valence-corrected chi connectivity index (χ2v) is 6.23. The summed E-state index contributed by atoms with van der Waals surface area (Å²) in [5.41, 5.74) is 6.93. The first kappa shape index (κ1) is 18.7. The topological polar surface area (TPSA) is 84.5 Å². The lowest BCUT2D eigenvalue weighted by atomic mass is 10.1. The van der Waals surface area contributed by atoms with Crippen LogP contribution in [0, 0.1) is 13.8 Å². The number of nitrogens with one attached hydrogen (secondary N) is 2. The monoisotopic (exact) mass is 404 g/mol. The van der Waals surface area contributed by atoms with Gasteiger partial charge in [-0.3, -0.25) is 20.4 Å². The third-order valence-corrected chi connectivity index (χ3v) is 4.07. The molecule has 0 bridgehead atoms. The van der Waals surface area contributed by atoms with Gasteiger partial charge in [0.2, 0.25) is 0 Å². The van der Waals surface area contributed by atoms with Crippen LogP contribution in [0.4, 0.5) is 0 Å². The van der Waals surface area contributed by atoms with Crippen molar-refractivity contribution in [3.8, 4) is 0 Å². The molecule has 6 nitrogen and oxygen atoms in total. The number of benzene rings is 2. The molecule has 7 heteroatoms. The molecule has 0 atom stereocenters. The zero-order valence-corrected chi connectivity index (χ0v) is 15.3. The third kappa shape index (κ3) is 5.15. The van der Waals surface area contributed by atoms with E-state index in [0.717, 1.165) is 11.1 Å². The van der Waals surface area contributed by atoms with E-state index in [-0.39, 0.29) is 0 Å². The highest BCUT2D eigenvalue weighted by molar-refractivity contribution is 9.10. The maximum Gasteiger partial charge on any atom is 0.338 e. The van der Waals surface area contributed by atoms with Crippen molar-refractivity contribution in [3.05, 3.63) is 69.2 Å². The predicted octanol–water partition coefficient (Wildman–Crippen LogP) is 2.68. The van der Waals surface area contributed by atoms with Crippen molar-refractivity contribution in [2.45, 2.75) is 13.8 Å². The number of rotatable bonds is 4. The molecule has 25 heavy (non-hydrogen) atoms. The van der Waals surface area contributed by atoms with E-state index >= 15 is 0 Å². The first-order valence-corrected chi connectivity index (χ1v) is 8.26. The van der Waals surface area contributed by atoms with Gasteiger partial charge in [0.05, 0.1) is 11.1 Å². The number of halogens is 1. The van der Waals surface area contributed by atoms with Gasteiger partial charge in [-0.15, -0.1) is 0 Å². The maximum absolute atomic E-state index is 12.0. The van der Waals surface area contributed by atoms with E-state index in [4.69, 9.17) is 4.74 Å². The van der Waals surface area contributed by atoms with Crippen LogP contribution < -0.4 is 10.9 Å². The van der Waals surface area contributed by atoms with Crippen LogP contribution in [0.2, 0.25) is 0 Å². The zero-order chi connectivity index (χ0) is 18.4. The van der Waals surface area contributed by atoms with Gasteiger partial charge in [-0.05, 0) is 53.5 Å². The van der Waals surface area contributed by atoms with Gasteiger partial charge in [0, 0.05) is 4.47 Å². The standard InChI is InChI=1S/C18H17BrN2O4/c1-11-7-8-12(2)14(9-11)18(24)25-10-16(22)20-21-17(23)13-5-3-4-6-15(13)19/h3-9H,10H2,1-2H3,(H,20,22)(H,21,23). The fourth-order valence-corrected chi connectivity index (χ4v) is 2.50. The van der Waals surface area contributed by atoms with Crippen LogP contribution in [-0.2, 0) is 9.53 Å². The van der Waals surface area contributed by atoms with Gasteiger partial charge in [0.25, 0.3) is 11.8 Å². The van der Waals surface area contributed by atoms with Crippen molar-refractivity contribution >= 4 is 33.7 Å². The number of hydrazine groups is 1. The largest absolute Gasteiger partial charge is 0.452 e. The lowest BCUT2D eigenvalue weighted by Gasteiger charge is -2.10. The van der Waals surface area contributed by atoms with Crippen molar-refractivity contribution in [2.75, 3.05) is 6.61 Å². The molecular formula is C18H17BrN2O4. The first-order valence-electron chi connectivity index (χ1n) is 7.46. The molecule has 2 N–H and O–H groups in total. The molecule has 0 aliphatic carbocycles. The van der Waals surface area contributed by atoms with Crippen LogP contribution in [0.15, 0.2) is 46.9 Å². The Morgan fingerprint density at radius 3 is 2.44 bits per heavy atom. The minimum Gasteiger partial charge on any atom is -0.452 e. The number of hydrogen-bond donors (Lipinski definition) is 2. The third-order valence-electron chi connectivity index (χ3n) is 3.38. The molecule has 2 amide bonds. The van der Waals surface area contributed by atoms with E-state index in [1.54, 1.807) is 37.3 Å². The fourth-order valence-electron chi connectivity index (χ4n) is 2.04. The predicted molar refractivity (Wildman–Crippen MR) is 95.9 cm³/mol. The van der Waals surface area contributed by atoms with E-state index in [1.165, 1.54) is 0 Å². The summed E-state index contributed by atoms with van der Waals surface area (Å²) in [5.74, 6) is -1.71. The summed E-state index contributed by atoms with van der Waals surface area (Å²) in [6.07, 6.45) is 0. The van der Waals surface area contributed by atoms with Gasteiger partial charge in [0.1, 0.15) is 0 Å². The molecule has 2 rings (SSSR count). The summed E-state index contributed by atoms with van der Waals surface area (Å²) < 4.78 is 5.58. The van der Waals surface area contributed by atoms with E-state index in [0.29, 0.717) is 15.6 Å². The highest BCUT2D eigenvalue weighted by Gasteiger charge is 2.14. The molecule has 0 unspecified atom stereocenters. The SMILES string of the molecule is Cc1ccc(C)c(C(=O)OCC(=O)NNC(=O)c2ccccc2Br)c1. The number of carbonyl (C=O) groups excluding carboxylic acids is 3. The quantitative estimate of drug-likeness (QED) is 0.605. The Hall–Kier alpha value is -2.67. The van der Waals surface area contributed by atoms with Crippen LogP contribution in [0.25, 0.3) is 0 Å². The summed E-state index contributed by atoms with van der Waals surface area (Å²) in [5, 5.41) is 0. The molecule has 130 valence electrons. The van der Waals surface area contributed by atoms with Gasteiger partial charge in [-0.2, -0.15) is 0 Å². The summed E-state index contributed by atoms with van der Waals surface area (Å²) in [4.78, 5) is 35.7. The van der Waals surface area contributed by atoms with Crippen LogP contribution in [0.3, 0.4) is 0 Å². The zero-order valence-electron chi connectivity index (χ0n) is 13.8. The number of esters is 1. The van der Waals surface area contributed by atoms with E-state index in [2.05, 4.69) is 26.8 Å². The molecule has 0 radical (unpaired) electrons. The maximum atomic E-state index is 12.0. The van der Waals surface area contributed by atoms with Gasteiger partial charge in [0.15, 0.2) is 6.61 Å². The number of carbonyl (C=O) groups is 3. The second kappa shape index (κ2) is 8.43. The average molecular weight is 405 g/mol. The molecule has 0 spiro atoms. The molecule has 0 heterocycles. The van der Waals surface area contributed by atoms with Crippen molar-refractivity contribution in [2.24, 2.45) is 0 Å². The van der Waals surface area contributed by atoms with Crippen LogP contribution in [0.5, 0.6) is 0 Å². The highest BCUT2D eigenvalue weighted by atomic mass is 79.9. The van der Waals surface area contributed by atoms with Crippen molar-refractivity contribution in [3.63, 3.8) is 0 Å².